The van der Waals surface area contributed by atoms with Gasteiger partial charge in [0.05, 0.1) is 19.7 Å². The molecule has 0 saturated heterocycles. The van der Waals surface area contributed by atoms with Gasteiger partial charge in [-0.05, 0) is 56.0 Å². The highest BCUT2D eigenvalue weighted by molar-refractivity contribution is 5.81. The van der Waals surface area contributed by atoms with E-state index >= 15 is 0 Å². The van der Waals surface area contributed by atoms with Crippen molar-refractivity contribution < 1.29 is 27.5 Å². The number of likely N-dealkylation sites (N-methyl/N-ethyl adjacent to an activating group) is 1. The Morgan fingerprint density at radius 2 is 1.68 bits per heavy atom. The number of halogens is 3. The summed E-state index contributed by atoms with van der Waals surface area (Å²) in [6.07, 6.45) is 2.02. The molecule has 2 aromatic rings. The SMILES string of the molecule is COC(=O)[C@H](c1cc(F)c(F)c(F)c1)N(C)CC(=O)N[C@H](c1ccc(C)cc1)C1CC1. The molecule has 1 aliphatic rings. The molecule has 0 radical (unpaired) electrons. The summed E-state index contributed by atoms with van der Waals surface area (Å²) in [4.78, 5) is 26.4. The monoisotopic (exact) mass is 434 g/mol. The predicted molar refractivity (Wildman–Crippen MR) is 108 cm³/mol. The molecular weight excluding hydrogens is 409 g/mol. The Balaban J connectivity index is 1.76. The molecule has 0 unspecified atom stereocenters. The van der Waals surface area contributed by atoms with Gasteiger partial charge in [-0.15, -0.1) is 0 Å². The van der Waals surface area contributed by atoms with Crippen molar-refractivity contribution in [3.05, 3.63) is 70.5 Å². The number of ether oxygens (including phenoxy) is 1. The molecule has 31 heavy (non-hydrogen) atoms. The number of rotatable bonds is 8. The number of nitrogens with one attached hydrogen (secondary N) is 1. The summed E-state index contributed by atoms with van der Waals surface area (Å²) in [5.74, 6) is -5.30. The van der Waals surface area contributed by atoms with Crippen molar-refractivity contribution in [1.82, 2.24) is 10.2 Å². The summed E-state index contributed by atoms with van der Waals surface area (Å²) in [5, 5.41) is 3.00. The molecule has 0 bridgehead atoms. The summed E-state index contributed by atoms with van der Waals surface area (Å²) >= 11 is 0. The number of esters is 1. The third kappa shape index (κ3) is 5.44. The van der Waals surface area contributed by atoms with E-state index in [-0.39, 0.29) is 24.1 Å². The molecule has 0 aliphatic heterocycles. The molecular formula is C23H25F3N2O3. The first-order chi connectivity index (χ1) is 14.7. The van der Waals surface area contributed by atoms with E-state index in [0.29, 0.717) is 5.92 Å². The largest absolute Gasteiger partial charge is 0.468 e. The second kappa shape index (κ2) is 9.51. The zero-order chi connectivity index (χ0) is 22.7. The molecule has 1 aliphatic carbocycles. The van der Waals surface area contributed by atoms with Gasteiger partial charge in [-0.2, -0.15) is 0 Å². The number of amides is 1. The Labute approximate surface area is 179 Å². The zero-order valence-corrected chi connectivity index (χ0v) is 17.6. The Kier molecular flexibility index (Phi) is 7.00. The van der Waals surface area contributed by atoms with Crippen molar-refractivity contribution in [2.24, 2.45) is 5.92 Å². The van der Waals surface area contributed by atoms with Crippen LogP contribution in [0, 0.1) is 30.3 Å². The van der Waals surface area contributed by atoms with E-state index in [1.165, 1.54) is 11.9 Å². The predicted octanol–water partition coefficient (Wildman–Crippen LogP) is 3.83. The summed E-state index contributed by atoms with van der Waals surface area (Å²) in [5.41, 5.74) is 1.97. The van der Waals surface area contributed by atoms with Gasteiger partial charge in [0, 0.05) is 0 Å². The van der Waals surface area contributed by atoms with Gasteiger partial charge in [-0.1, -0.05) is 29.8 Å². The van der Waals surface area contributed by atoms with E-state index in [4.69, 9.17) is 4.74 Å². The molecule has 1 N–H and O–H groups in total. The second-order valence-electron chi connectivity index (χ2n) is 7.93. The van der Waals surface area contributed by atoms with Crippen molar-refractivity contribution in [2.75, 3.05) is 20.7 Å². The fraction of sp³-hybridized carbons (Fsp3) is 0.391. The van der Waals surface area contributed by atoms with Crippen LogP contribution in [0.5, 0.6) is 0 Å². The lowest BCUT2D eigenvalue weighted by molar-refractivity contribution is -0.147. The van der Waals surface area contributed by atoms with Crippen molar-refractivity contribution in [3.8, 4) is 0 Å². The number of hydrogen-bond donors (Lipinski definition) is 1. The standard InChI is InChI=1S/C23H25F3N2O3/c1-13-4-6-14(7-5-13)21(15-8-9-15)27-19(29)12-28(2)22(23(30)31-3)16-10-17(24)20(26)18(25)11-16/h4-7,10-11,15,21-22H,8-9,12H2,1-3H3,(H,27,29)/t21-,22+/m1/s1. The van der Waals surface area contributed by atoms with E-state index in [1.54, 1.807) is 0 Å². The minimum absolute atomic E-state index is 0.143. The highest BCUT2D eigenvalue weighted by Gasteiger charge is 2.35. The highest BCUT2D eigenvalue weighted by atomic mass is 19.2. The molecule has 1 amide bonds. The van der Waals surface area contributed by atoms with Crippen LogP contribution in [0.15, 0.2) is 36.4 Å². The van der Waals surface area contributed by atoms with Crippen LogP contribution in [0.3, 0.4) is 0 Å². The van der Waals surface area contributed by atoms with Crippen LogP contribution in [0.2, 0.25) is 0 Å². The fourth-order valence-corrected chi connectivity index (χ4v) is 3.63. The number of carbonyl (C=O) groups is 2. The minimum atomic E-state index is -1.63. The molecule has 8 heteroatoms. The number of benzene rings is 2. The summed E-state index contributed by atoms with van der Waals surface area (Å²) in [7, 11) is 2.58. The molecule has 3 rings (SSSR count). The average molecular weight is 434 g/mol. The lowest BCUT2D eigenvalue weighted by Gasteiger charge is -2.27. The maximum atomic E-state index is 13.7. The Bertz CT molecular complexity index is 938. The van der Waals surface area contributed by atoms with Crippen LogP contribution in [0.4, 0.5) is 13.2 Å². The van der Waals surface area contributed by atoms with Crippen LogP contribution >= 0.6 is 0 Å². The van der Waals surface area contributed by atoms with Gasteiger partial charge in [0.1, 0.15) is 6.04 Å². The summed E-state index contributed by atoms with van der Waals surface area (Å²) in [6, 6.07) is 7.94. The van der Waals surface area contributed by atoms with Gasteiger partial charge in [0.15, 0.2) is 17.5 Å². The lowest BCUT2D eigenvalue weighted by atomic mass is 10.0. The molecule has 0 heterocycles. The van der Waals surface area contributed by atoms with Gasteiger partial charge >= 0.3 is 5.97 Å². The van der Waals surface area contributed by atoms with E-state index in [0.717, 1.165) is 43.2 Å². The van der Waals surface area contributed by atoms with Crippen LogP contribution in [-0.2, 0) is 14.3 Å². The second-order valence-corrected chi connectivity index (χ2v) is 7.93. The van der Waals surface area contributed by atoms with Crippen LogP contribution in [0.1, 0.15) is 41.6 Å². The van der Waals surface area contributed by atoms with E-state index in [1.807, 2.05) is 31.2 Å². The van der Waals surface area contributed by atoms with Crippen molar-refractivity contribution in [2.45, 2.75) is 31.8 Å². The van der Waals surface area contributed by atoms with Gasteiger partial charge in [-0.3, -0.25) is 9.69 Å². The fourth-order valence-electron chi connectivity index (χ4n) is 3.63. The van der Waals surface area contributed by atoms with Crippen LogP contribution < -0.4 is 5.32 Å². The maximum Gasteiger partial charge on any atom is 0.327 e. The average Bonchev–Trinajstić information content (AvgIpc) is 3.56. The maximum absolute atomic E-state index is 13.7. The normalized spacial score (nSPS) is 15.5. The smallest absolute Gasteiger partial charge is 0.327 e. The molecule has 2 atom stereocenters. The zero-order valence-electron chi connectivity index (χ0n) is 17.6. The van der Waals surface area contributed by atoms with Crippen LogP contribution in [-0.4, -0.2) is 37.5 Å². The number of methoxy groups -OCH3 is 1. The molecule has 2 aromatic carbocycles. The van der Waals surface area contributed by atoms with Gasteiger partial charge < -0.3 is 10.1 Å². The van der Waals surface area contributed by atoms with Crippen molar-refractivity contribution in [3.63, 3.8) is 0 Å². The van der Waals surface area contributed by atoms with Crippen molar-refractivity contribution in [1.29, 1.82) is 0 Å². The Morgan fingerprint density at radius 3 is 2.19 bits per heavy atom. The number of hydrogen-bond acceptors (Lipinski definition) is 4. The Hall–Kier alpha value is -2.87. The number of aryl methyl sites for hydroxylation is 1. The first-order valence-corrected chi connectivity index (χ1v) is 9.99. The van der Waals surface area contributed by atoms with E-state index in [2.05, 4.69) is 5.32 Å². The lowest BCUT2D eigenvalue weighted by Crippen LogP contribution is -2.41. The molecule has 166 valence electrons. The number of nitrogens with zero attached hydrogens (tertiary/aromatic N) is 1. The Morgan fingerprint density at radius 1 is 1.10 bits per heavy atom. The third-order valence-corrected chi connectivity index (χ3v) is 5.43. The van der Waals surface area contributed by atoms with E-state index < -0.39 is 29.5 Å². The topological polar surface area (TPSA) is 58.6 Å². The molecule has 1 saturated carbocycles. The number of carbonyl (C=O) groups excluding carboxylic acids is 2. The minimum Gasteiger partial charge on any atom is -0.468 e. The highest BCUT2D eigenvalue weighted by Crippen LogP contribution is 2.41. The molecule has 0 aromatic heterocycles. The molecule has 5 nitrogen and oxygen atoms in total. The van der Waals surface area contributed by atoms with Gasteiger partial charge in [0.2, 0.25) is 5.91 Å². The van der Waals surface area contributed by atoms with E-state index in [9.17, 15) is 22.8 Å². The summed E-state index contributed by atoms with van der Waals surface area (Å²) in [6.45, 7) is 1.76. The first kappa shape index (κ1) is 22.8. The molecule has 0 spiro atoms. The van der Waals surface area contributed by atoms with Gasteiger partial charge in [-0.25, -0.2) is 18.0 Å². The summed E-state index contributed by atoms with van der Waals surface area (Å²) < 4.78 is 45.5. The van der Waals surface area contributed by atoms with Crippen molar-refractivity contribution >= 4 is 11.9 Å². The quantitative estimate of drug-likeness (QED) is 0.507. The van der Waals surface area contributed by atoms with Gasteiger partial charge in [0.25, 0.3) is 0 Å². The third-order valence-electron chi connectivity index (χ3n) is 5.43. The molecule has 1 fully saturated rings. The van der Waals surface area contributed by atoms with Crippen LogP contribution in [0.25, 0.3) is 0 Å². The first-order valence-electron chi connectivity index (χ1n) is 9.99.